The maximum atomic E-state index is 14.2. The second-order valence-electron chi connectivity index (χ2n) is 8.45. The second-order valence-corrected chi connectivity index (χ2v) is 8.45. The maximum absolute atomic E-state index is 14.2. The van der Waals surface area contributed by atoms with Crippen LogP contribution in [0.5, 0.6) is 0 Å². The number of rotatable bonds is 8. The van der Waals surface area contributed by atoms with Gasteiger partial charge in [0.05, 0.1) is 5.69 Å². The SMILES string of the molecule is O=C(CCCCc1ccccc1)N1CCC(Cc2n[nH]c(=O)n2-c2ccccc2F)CC1. The number of amides is 1. The van der Waals surface area contributed by atoms with E-state index in [0.717, 1.165) is 45.2 Å². The third-order valence-corrected chi connectivity index (χ3v) is 6.22. The van der Waals surface area contributed by atoms with E-state index in [2.05, 4.69) is 22.3 Å². The number of nitrogens with zero attached hydrogens (tertiary/aromatic N) is 3. The molecule has 3 aromatic rings. The van der Waals surface area contributed by atoms with Gasteiger partial charge in [-0.15, -0.1) is 0 Å². The first-order chi connectivity index (χ1) is 15.6. The summed E-state index contributed by atoms with van der Waals surface area (Å²) in [6, 6.07) is 16.6. The van der Waals surface area contributed by atoms with Crippen LogP contribution >= 0.6 is 0 Å². The van der Waals surface area contributed by atoms with Crippen LogP contribution in [0.25, 0.3) is 5.69 Å². The minimum Gasteiger partial charge on any atom is -0.343 e. The Bertz CT molecular complexity index is 1080. The van der Waals surface area contributed by atoms with Gasteiger partial charge in [-0.25, -0.2) is 18.9 Å². The van der Waals surface area contributed by atoms with Crippen LogP contribution in [0.3, 0.4) is 0 Å². The first-order valence-corrected chi connectivity index (χ1v) is 11.3. The maximum Gasteiger partial charge on any atom is 0.348 e. The van der Waals surface area contributed by atoms with Crippen molar-refractivity contribution in [1.82, 2.24) is 19.7 Å². The van der Waals surface area contributed by atoms with Gasteiger partial charge in [0, 0.05) is 25.9 Å². The van der Waals surface area contributed by atoms with Crippen molar-refractivity contribution in [2.75, 3.05) is 13.1 Å². The molecule has 168 valence electrons. The third kappa shape index (κ3) is 5.33. The number of aryl methyl sites for hydroxylation is 1. The second kappa shape index (κ2) is 10.4. The van der Waals surface area contributed by atoms with Crippen molar-refractivity contribution in [3.05, 3.63) is 82.3 Å². The molecule has 6 nitrogen and oxygen atoms in total. The van der Waals surface area contributed by atoms with Crippen LogP contribution in [-0.4, -0.2) is 38.7 Å². The zero-order chi connectivity index (χ0) is 22.3. The third-order valence-electron chi connectivity index (χ3n) is 6.22. The van der Waals surface area contributed by atoms with E-state index >= 15 is 0 Å². The summed E-state index contributed by atoms with van der Waals surface area (Å²) in [6.45, 7) is 1.44. The summed E-state index contributed by atoms with van der Waals surface area (Å²) in [5, 5.41) is 6.58. The molecule has 0 aliphatic carbocycles. The van der Waals surface area contributed by atoms with E-state index in [0.29, 0.717) is 24.6 Å². The van der Waals surface area contributed by atoms with Crippen LogP contribution in [0.15, 0.2) is 59.4 Å². The summed E-state index contributed by atoms with van der Waals surface area (Å²) in [4.78, 5) is 26.7. The molecule has 1 amide bonds. The minimum atomic E-state index is -0.454. The van der Waals surface area contributed by atoms with E-state index in [1.54, 1.807) is 18.2 Å². The topological polar surface area (TPSA) is 71.0 Å². The molecule has 1 N–H and O–H groups in total. The lowest BCUT2D eigenvalue weighted by atomic mass is 9.93. The number of likely N-dealkylation sites (tertiary alicyclic amines) is 1. The number of benzene rings is 2. The first-order valence-electron chi connectivity index (χ1n) is 11.3. The summed E-state index contributed by atoms with van der Waals surface area (Å²) in [7, 11) is 0. The zero-order valence-corrected chi connectivity index (χ0v) is 18.2. The first kappa shape index (κ1) is 22.0. The van der Waals surface area contributed by atoms with Gasteiger partial charge in [0.1, 0.15) is 11.6 Å². The number of unbranched alkanes of at least 4 members (excludes halogenated alkanes) is 1. The molecule has 1 aliphatic heterocycles. The highest BCUT2D eigenvalue weighted by atomic mass is 19.1. The molecule has 0 atom stereocenters. The Labute approximate surface area is 187 Å². The molecule has 7 heteroatoms. The highest BCUT2D eigenvalue weighted by Crippen LogP contribution is 2.23. The molecular weight excluding hydrogens is 407 g/mol. The molecule has 0 bridgehead atoms. The summed E-state index contributed by atoms with van der Waals surface area (Å²) in [5.41, 5.74) is 1.09. The molecule has 0 radical (unpaired) electrons. The van der Waals surface area contributed by atoms with E-state index in [9.17, 15) is 14.0 Å². The fourth-order valence-corrected chi connectivity index (χ4v) is 4.40. The van der Waals surface area contributed by atoms with E-state index in [-0.39, 0.29) is 11.6 Å². The molecule has 2 aromatic carbocycles. The lowest BCUT2D eigenvalue weighted by Crippen LogP contribution is -2.39. The van der Waals surface area contributed by atoms with Crippen molar-refractivity contribution < 1.29 is 9.18 Å². The quantitative estimate of drug-likeness (QED) is 0.545. The molecule has 4 rings (SSSR count). The van der Waals surface area contributed by atoms with Crippen molar-refractivity contribution in [3.63, 3.8) is 0 Å². The van der Waals surface area contributed by atoms with Gasteiger partial charge in [-0.05, 0) is 55.7 Å². The molecule has 2 heterocycles. The Hall–Kier alpha value is -3.22. The Morgan fingerprint density at radius 1 is 1.03 bits per heavy atom. The van der Waals surface area contributed by atoms with Gasteiger partial charge in [-0.1, -0.05) is 42.5 Å². The molecule has 1 aromatic heterocycles. The number of para-hydroxylation sites is 1. The van der Waals surface area contributed by atoms with Crippen molar-refractivity contribution >= 4 is 5.91 Å². The fourth-order valence-electron chi connectivity index (χ4n) is 4.40. The van der Waals surface area contributed by atoms with Crippen molar-refractivity contribution in [2.24, 2.45) is 5.92 Å². The van der Waals surface area contributed by atoms with E-state index < -0.39 is 11.5 Å². The number of carbonyl (C=O) groups is 1. The molecule has 0 spiro atoms. The van der Waals surface area contributed by atoms with Crippen LogP contribution < -0.4 is 5.69 Å². The van der Waals surface area contributed by atoms with Gasteiger partial charge in [-0.2, -0.15) is 5.10 Å². The van der Waals surface area contributed by atoms with Gasteiger partial charge >= 0.3 is 5.69 Å². The largest absolute Gasteiger partial charge is 0.348 e. The standard InChI is InChI=1S/C25H29FN4O2/c26-21-11-5-6-12-22(21)30-23(27-28-25(30)32)18-20-14-16-29(17-15-20)24(31)13-7-4-10-19-8-2-1-3-9-19/h1-3,5-6,8-9,11-12,20H,4,7,10,13-18H2,(H,28,32). The summed E-state index contributed by atoms with van der Waals surface area (Å²) in [6.07, 6.45) is 5.79. The lowest BCUT2D eigenvalue weighted by molar-refractivity contribution is -0.132. The minimum absolute atomic E-state index is 0.212. The Kier molecular flexibility index (Phi) is 7.14. The number of hydrogen-bond acceptors (Lipinski definition) is 3. The number of carbonyl (C=O) groups excluding carboxylic acids is 1. The van der Waals surface area contributed by atoms with E-state index in [4.69, 9.17) is 0 Å². The monoisotopic (exact) mass is 436 g/mol. The normalized spacial score (nSPS) is 14.6. The number of piperidine rings is 1. The summed E-state index contributed by atoms with van der Waals surface area (Å²) in [5.74, 6) is 0.605. The summed E-state index contributed by atoms with van der Waals surface area (Å²) >= 11 is 0. The number of aromatic nitrogens is 3. The Morgan fingerprint density at radius 2 is 1.75 bits per heavy atom. The molecular formula is C25H29FN4O2. The van der Waals surface area contributed by atoms with Crippen molar-refractivity contribution in [2.45, 2.75) is 44.9 Å². The van der Waals surface area contributed by atoms with Crippen molar-refractivity contribution in [3.8, 4) is 5.69 Å². The number of H-pyrrole nitrogens is 1. The molecule has 1 fully saturated rings. The number of nitrogens with one attached hydrogen (secondary N) is 1. The van der Waals surface area contributed by atoms with Crippen LogP contribution in [0.2, 0.25) is 0 Å². The van der Waals surface area contributed by atoms with Gasteiger partial charge in [0.25, 0.3) is 0 Å². The van der Waals surface area contributed by atoms with Crippen LogP contribution in [0, 0.1) is 11.7 Å². The van der Waals surface area contributed by atoms with Crippen LogP contribution in [0.1, 0.15) is 43.5 Å². The number of aromatic amines is 1. The average Bonchev–Trinajstić information content (AvgIpc) is 3.18. The molecule has 1 saturated heterocycles. The average molecular weight is 437 g/mol. The summed E-state index contributed by atoms with van der Waals surface area (Å²) < 4.78 is 15.5. The van der Waals surface area contributed by atoms with Gasteiger partial charge < -0.3 is 4.90 Å². The predicted octanol–water partition coefficient (Wildman–Crippen LogP) is 3.89. The molecule has 0 unspecified atom stereocenters. The van der Waals surface area contributed by atoms with Gasteiger partial charge in [0.15, 0.2) is 0 Å². The van der Waals surface area contributed by atoms with E-state index in [1.165, 1.54) is 16.2 Å². The molecule has 1 aliphatic rings. The van der Waals surface area contributed by atoms with E-state index in [1.807, 2.05) is 23.1 Å². The molecule has 32 heavy (non-hydrogen) atoms. The number of hydrogen-bond donors (Lipinski definition) is 1. The van der Waals surface area contributed by atoms with Crippen molar-refractivity contribution in [1.29, 1.82) is 0 Å². The highest BCUT2D eigenvalue weighted by Gasteiger charge is 2.25. The van der Waals surface area contributed by atoms with Gasteiger partial charge in [0.2, 0.25) is 5.91 Å². The lowest BCUT2D eigenvalue weighted by Gasteiger charge is -2.32. The van der Waals surface area contributed by atoms with Crippen LogP contribution in [0.4, 0.5) is 4.39 Å². The van der Waals surface area contributed by atoms with Crippen LogP contribution in [-0.2, 0) is 17.6 Å². The molecule has 0 saturated carbocycles. The predicted molar refractivity (Wildman–Crippen MR) is 121 cm³/mol. The Morgan fingerprint density at radius 3 is 2.50 bits per heavy atom. The highest BCUT2D eigenvalue weighted by molar-refractivity contribution is 5.76. The fraction of sp³-hybridized carbons (Fsp3) is 0.400. The zero-order valence-electron chi connectivity index (χ0n) is 18.2. The van der Waals surface area contributed by atoms with Gasteiger partial charge in [-0.3, -0.25) is 4.79 Å². The number of halogens is 1. The smallest absolute Gasteiger partial charge is 0.343 e. The Balaban J connectivity index is 1.25.